The lowest BCUT2D eigenvalue weighted by molar-refractivity contribution is 0.187. The molecule has 2 aromatic carbocycles. The third-order valence-electron chi connectivity index (χ3n) is 6.49. The molecule has 156 valence electrons. The topological polar surface area (TPSA) is 61.5 Å². The summed E-state index contributed by atoms with van der Waals surface area (Å²) in [6.45, 7) is 5.20. The summed E-state index contributed by atoms with van der Waals surface area (Å²) in [5, 5.41) is 2.47. The number of likely N-dealkylation sites (tertiary alicyclic amines) is 1. The Morgan fingerprint density at radius 2 is 2.13 bits per heavy atom. The largest absolute Gasteiger partial charge is 0.463 e. The molecular weight excluding hydrogens is 376 g/mol. The van der Waals surface area contributed by atoms with Crippen LogP contribution in [0.15, 0.2) is 41.2 Å². The Morgan fingerprint density at radius 3 is 2.97 bits per heavy atom. The molecule has 2 aliphatic heterocycles. The lowest BCUT2D eigenvalue weighted by Gasteiger charge is -2.30. The Hall–Kier alpha value is -2.86. The highest BCUT2D eigenvalue weighted by Crippen LogP contribution is 2.31. The van der Waals surface area contributed by atoms with E-state index in [0.717, 1.165) is 30.8 Å². The molecule has 0 saturated carbocycles. The van der Waals surface area contributed by atoms with Gasteiger partial charge in [0.1, 0.15) is 6.61 Å². The Balaban J connectivity index is 1.41. The zero-order valence-corrected chi connectivity index (χ0v) is 17.6. The number of nitrogens with zero attached hydrogens (tertiary/aromatic N) is 3. The fraction of sp³-hybridized carbons (Fsp3) is 0.417. The van der Waals surface area contributed by atoms with Gasteiger partial charge in [-0.15, -0.1) is 0 Å². The van der Waals surface area contributed by atoms with Crippen LogP contribution in [-0.2, 0) is 13.0 Å². The first kappa shape index (κ1) is 19.1. The van der Waals surface area contributed by atoms with Gasteiger partial charge in [0.15, 0.2) is 0 Å². The molecule has 0 bridgehead atoms. The van der Waals surface area contributed by atoms with Gasteiger partial charge < -0.3 is 14.5 Å². The van der Waals surface area contributed by atoms with Gasteiger partial charge in [0.05, 0.1) is 12.2 Å². The smallest absolute Gasteiger partial charge is 0.296 e. The number of hydrogen-bond acceptors (Lipinski definition) is 5. The van der Waals surface area contributed by atoms with Gasteiger partial charge in [0.2, 0.25) is 0 Å². The number of aromatic nitrogens is 2. The molecule has 3 heterocycles. The molecule has 0 unspecified atom stereocenters. The Morgan fingerprint density at radius 1 is 1.23 bits per heavy atom. The number of rotatable bonds is 4. The molecule has 0 spiro atoms. The zero-order chi connectivity index (χ0) is 20.7. The van der Waals surface area contributed by atoms with Crippen molar-refractivity contribution in [3.8, 4) is 6.01 Å². The average Bonchev–Trinajstić information content (AvgIpc) is 3.16. The molecule has 0 amide bonds. The molecule has 1 saturated heterocycles. The minimum Gasteiger partial charge on any atom is -0.463 e. The van der Waals surface area contributed by atoms with Crippen LogP contribution in [0.25, 0.3) is 10.8 Å². The maximum Gasteiger partial charge on any atom is 0.296 e. The van der Waals surface area contributed by atoms with Crippen molar-refractivity contribution >= 4 is 16.5 Å². The van der Waals surface area contributed by atoms with Crippen LogP contribution < -0.4 is 15.2 Å². The van der Waals surface area contributed by atoms with Crippen LogP contribution in [0, 0.1) is 6.92 Å². The quantitative estimate of drug-likeness (QED) is 0.723. The number of nitrogens with one attached hydrogen (secondary N) is 1. The number of aryl methyl sites for hydroxylation is 1. The lowest BCUT2D eigenvalue weighted by atomic mass is 10.0. The van der Waals surface area contributed by atoms with Gasteiger partial charge in [-0.3, -0.25) is 9.78 Å². The molecule has 6 heteroatoms. The molecule has 3 aromatic rings. The van der Waals surface area contributed by atoms with Crippen molar-refractivity contribution in [3.05, 3.63) is 63.6 Å². The first-order valence-electron chi connectivity index (χ1n) is 10.8. The van der Waals surface area contributed by atoms with E-state index in [1.807, 2.05) is 0 Å². The van der Waals surface area contributed by atoms with Gasteiger partial charge in [-0.05, 0) is 57.3 Å². The molecular formula is C24H28N4O2. The minimum atomic E-state index is -0.0665. The number of likely N-dealkylation sites (N-methyl/N-ethyl adjacent to an activating group) is 1. The fourth-order valence-electron chi connectivity index (χ4n) is 4.70. The Labute approximate surface area is 176 Å². The summed E-state index contributed by atoms with van der Waals surface area (Å²) >= 11 is 0. The van der Waals surface area contributed by atoms with Crippen molar-refractivity contribution in [2.75, 3.05) is 31.6 Å². The molecule has 2 aliphatic rings. The number of benzene rings is 2. The second-order valence-electron chi connectivity index (χ2n) is 8.56. The van der Waals surface area contributed by atoms with Crippen molar-refractivity contribution in [1.29, 1.82) is 0 Å². The number of anilines is 1. The molecule has 0 radical (unpaired) electrons. The standard InChI is InChI=1S/C24H28N4O2/c1-16-8-9-17-5-3-7-22(20(17)13-16)28-12-10-19-21(14-28)25-24(26-23(19)29)30-15-18-6-4-11-27(18)2/h3,5,7-9,13,18H,4,6,10-12,14-15H2,1-2H3,(H,25,26,29)/t18-/m0/s1. The van der Waals surface area contributed by atoms with Crippen LogP contribution in [0.2, 0.25) is 0 Å². The second-order valence-corrected chi connectivity index (χ2v) is 8.56. The number of aromatic amines is 1. The van der Waals surface area contributed by atoms with Gasteiger partial charge in [-0.25, -0.2) is 0 Å². The highest BCUT2D eigenvalue weighted by atomic mass is 16.5. The lowest BCUT2D eigenvalue weighted by Crippen LogP contribution is -2.36. The molecule has 0 aliphatic carbocycles. The van der Waals surface area contributed by atoms with Crippen LogP contribution in [0.4, 0.5) is 5.69 Å². The fourth-order valence-corrected chi connectivity index (χ4v) is 4.70. The highest BCUT2D eigenvalue weighted by molar-refractivity contribution is 5.94. The highest BCUT2D eigenvalue weighted by Gasteiger charge is 2.24. The molecule has 1 N–H and O–H groups in total. The first-order chi connectivity index (χ1) is 14.6. The summed E-state index contributed by atoms with van der Waals surface area (Å²) in [6, 6.07) is 13.7. The summed E-state index contributed by atoms with van der Waals surface area (Å²) < 4.78 is 5.91. The van der Waals surface area contributed by atoms with Crippen molar-refractivity contribution in [3.63, 3.8) is 0 Å². The molecule has 1 aromatic heterocycles. The molecule has 1 fully saturated rings. The van der Waals surface area contributed by atoms with Gasteiger partial charge in [-0.2, -0.15) is 4.98 Å². The maximum absolute atomic E-state index is 12.6. The molecule has 30 heavy (non-hydrogen) atoms. The van der Waals surface area contributed by atoms with Gasteiger partial charge in [0.25, 0.3) is 11.6 Å². The number of fused-ring (bicyclic) bond motifs is 2. The van der Waals surface area contributed by atoms with Gasteiger partial charge in [0, 0.05) is 29.2 Å². The summed E-state index contributed by atoms with van der Waals surface area (Å²) in [6.07, 6.45) is 3.00. The van der Waals surface area contributed by atoms with Gasteiger partial charge >= 0.3 is 0 Å². The maximum atomic E-state index is 12.6. The van der Waals surface area contributed by atoms with Crippen molar-refractivity contribution in [2.24, 2.45) is 0 Å². The summed E-state index contributed by atoms with van der Waals surface area (Å²) in [5.74, 6) is 0. The van der Waals surface area contributed by atoms with Crippen LogP contribution in [0.5, 0.6) is 6.01 Å². The molecule has 5 rings (SSSR count). The SMILES string of the molecule is Cc1ccc2cccc(N3CCc4c(nc(OC[C@@H]5CCCN5C)[nH]c4=O)C3)c2c1. The second kappa shape index (κ2) is 7.76. The van der Waals surface area contributed by atoms with Crippen LogP contribution in [-0.4, -0.2) is 47.7 Å². The van der Waals surface area contributed by atoms with Crippen molar-refractivity contribution in [2.45, 2.75) is 38.8 Å². The normalized spacial score (nSPS) is 19.3. The van der Waals surface area contributed by atoms with E-state index in [-0.39, 0.29) is 5.56 Å². The van der Waals surface area contributed by atoms with Crippen molar-refractivity contribution < 1.29 is 4.74 Å². The summed E-state index contributed by atoms with van der Waals surface area (Å²) in [5.41, 5.74) is 3.98. The van der Waals surface area contributed by atoms with Crippen LogP contribution >= 0.6 is 0 Å². The van der Waals surface area contributed by atoms with Crippen LogP contribution in [0.3, 0.4) is 0 Å². The third kappa shape index (κ3) is 3.56. The number of ether oxygens (including phenoxy) is 1. The average molecular weight is 405 g/mol. The molecule has 1 atom stereocenters. The van der Waals surface area contributed by atoms with E-state index in [1.54, 1.807) is 0 Å². The van der Waals surface area contributed by atoms with Gasteiger partial charge in [-0.1, -0.05) is 29.8 Å². The minimum absolute atomic E-state index is 0.0665. The zero-order valence-electron chi connectivity index (χ0n) is 17.6. The first-order valence-corrected chi connectivity index (χ1v) is 10.8. The summed E-state index contributed by atoms with van der Waals surface area (Å²) in [4.78, 5) is 24.8. The van der Waals surface area contributed by atoms with E-state index < -0.39 is 0 Å². The summed E-state index contributed by atoms with van der Waals surface area (Å²) in [7, 11) is 2.12. The Bertz CT molecular complexity index is 1140. The van der Waals surface area contributed by atoms with E-state index in [9.17, 15) is 4.79 Å². The van der Waals surface area contributed by atoms with E-state index in [1.165, 1.54) is 28.4 Å². The van der Waals surface area contributed by atoms with E-state index >= 15 is 0 Å². The third-order valence-corrected chi connectivity index (χ3v) is 6.49. The monoisotopic (exact) mass is 404 g/mol. The molecule has 6 nitrogen and oxygen atoms in total. The predicted octanol–water partition coefficient (Wildman–Crippen LogP) is 3.27. The van der Waals surface area contributed by atoms with E-state index in [4.69, 9.17) is 9.72 Å². The number of H-pyrrole nitrogens is 1. The predicted molar refractivity (Wildman–Crippen MR) is 119 cm³/mol. The Kier molecular flexibility index (Phi) is 4.95. The number of hydrogen-bond donors (Lipinski definition) is 1. The van der Waals surface area contributed by atoms with Crippen LogP contribution in [0.1, 0.15) is 29.7 Å². The van der Waals surface area contributed by atoms with E-state index in [2.05, 4.69) is 65.2 Å². The van der Waals surface area contributed by atoms with Crippen molar-refractivity contribution in [1.82, 2.24) is 14.9 Å². The van der Waals surface area contributed by atoms with E-state index in [0.29, 0.717) is 31.6 Å².